The fraction of sp³-hybridized carbons (Fsp3) is 1.00. The van der Waals surface area contributed by atoms with E-state index in [-0.39, 0.29) is 5.41 Å². The Bertz CT molecular complexity index is 189. The highest BCUT2D eigenvalue weighted by Gasteiger charge is 2.25. The van der Waals surface area contributed by atoms with E-state index < -0.39 is 11.0 Å². The minimum atomic E-state index is -0.835. The molecular weight excluding hydrogens is 196 g/mol. The Morgan fingerprint density at radius 1 is 1.43 bits per heavy atom. The van der Waals surface area contributed by atoms with Crippen LogP contribution in [-0.2, 0) is 11.0 Å². The predicted octanol–water partition coefficient (Wildman–Crippen LogP) is 1.24. The van der Waals surface area contributed by atoms with Crippen LogP contribution in [0.2, 0.25) is 0 Å². The second kappa shape index (κ2) is 5.83. The lowest BCUT2D eigenvalue weighted by atomic mass is 9.87. The third kappa shape index (κ3) is 4.53. The summed E-state index contributed by atoms with van der Waals surface area (Å²) in [6.07, 6.45) is 0. The minimum Gasteiger partial charge on any atom is -0.315 e. The molecule has 0 saturated heterocycles. The van der Waals surface area contributed by atoms with Gasteiger partial charge in [0.15, 0.2) is 0 Å². The van der Waals surface area contributed by atoms with Crippen molar-refractivity contribution in [3.05, 3.63) is 0 Å². The van der Waals surface area contributed by atoms with Gasteiger partial charge in [-0.2, -0.15) is 0 Å². The van der Waals surface area contributed by atoms with E-state index in [0.29, 0.717) is 11.8 Å². The van der Waals surface area contributed by atoms with Gasteiger partial charge in [-0.05, 0) is 19.5 Å². The topological polar surface area (TPSA) is 32.3 Å². The maximum atomic E-state index is 11.5. The van der Waals surface area contributed by atoms with Crippen molar-refractivity contribution in [1.82, 2.24) is 9.62 Å². The molecule has 0 saturated carbocycles. The summed E-state index contributed by atoms with van der Waals surface area (Å²) in [6.45, 7) is 9.34. The Morgan fingerprint density at radius 3 is 2.21 bits per heavy atom. The van der Waals surface area contributed by atoms with Crippen molar-refractivity contribution in [2.75, 3.05) is 26.4 Å². The van der Waals surface area contributed by atoms with Crippen molar-refractivity contribution in [3.63, 3.8) is 0 Å². The standard InChI is InChI=1S/C10H24N2OS/c1-7-14(13)12(6)8-9(11-5)10(2,3)4/h9,11H,7-8H2,1-6H3. The maximum absolute atomic E-state index is 11.5. The first kappa shape index (κ1) is 14.1. The summed E-state index contributed by atoms with van der Waals surface area (Å²) in [7, 11) is 3.03. The second-order valence-electron chi connectivity index (χ2n) is 4.63. The smallest absolute Gasteiger partial charge is 0.0937 e. The molecule has 0 aromatic heterocycles. The number of rotatable bonds is 5. The van der Waals surface area contributed by atoms with Crippen LogP contribution in [0.4, 0.5) is 0 Å². The molecule has 0 aromatic carbocycles. The number of nitrogens with one attached hydrogen (secondary N) is 1. The van der Waals surface area contributed by atoms with Crippen LogP contribution in [-0.4, -0.2) is 40.9 Å². The van der Waals surface area contributed by atoms with Gasteiger partial charge < -0.3 is 5.32 Å². The third-order valence-corrected chi connectivity index (χ3v) is 3.77. The first-order chi connectivity index (χ1) is 6.32. The Labute approximate surface area is 90.8 Å². The van der Waals surface area contributed by atoms with Gasteiger partial charge in [0.2, 0.25) is 0 Å². The van der Waals surface area contributed by atoms with Gasteiger partial charge >= 0.3 is 0 Å². The lowest BCUT2D eigenvalue weighted by Crippen LogP contribution is -2.46. The summed E-state index contributed by atoms with van der Waals surface area (Å²) in [5.41, 5.74) is 0.195. The quantitative estimate of drug-likeness (QED) is 0.756. The van der Waals surface area contributed by atoms with Crippen LogP contribution in [0.1, 0.15) is 27.7 Å². The molecule has 4 heteroatoms. The number of hydrogen-bond acceptors (Lipinski definition) is 2. The molecule has 0 aromatic rings. The van der Waals surface area contributed by atoms with E-state index in [4.69, 9.17) is 0 Å². The van der Waals surface area contributed by atoms with E-state index in [0.717, 1.165) is 6.54 Å². The molecule has 14 heavy (non-hydrogen) atoms. The molecule has 0 spiro atoms. The van der Waals surface area contributed by atoms with Crippen LogP contribution in [0.3, 0.4) is 0 Å². The van der Waals surface area contributed by atoms with Gasteiger partial charge in [0.25, 0.3) is 0 Å². The monoisotopic (exact) mass is 220 g/mol. The molecule has 0 fully saturated rings. The van der Waals surface area contributed by atoms with Crippen molar-refractivity contribution in [2.24, 2.45) is 5.41 Å². The lowest BCUT2D eigenvalue weighted by Gasteiger charge is -2.33. The zero-order chi connectivity index (χ0) is 11.4. The van der Waals surface area contributed by atoms with Crippen LogP contribution in [0, 0.1) is 5.41 Å². The molecule has 1 N–H and O–H groups in total. The number of likely N-dealkylation sites (N-methyl/N-ethyl adjacent to an activating group) is 2. The molecule has 0 heterocycles. The highest BCUT2D eigenvalue weighted by Crippen LogP contribution is 2.19. The molecule has 0 rings (SSSR count). The number of nitrogens with zero attached hydrogens (tertiary/aromatic N) is 1. The van der Waals surface area contributed by atoms with Gasteiger partial charge in [-0.15, -0.1) is 0 Å². The molecular formula is C10H24N2OS. The molecule has 3 nitrogen and oxygen atoms in total. The van der Waals surface area contributed by atoms with Gasteiger partial charge in [-0.25, -0.2) is 8.51 Å². The largest absolute Gasteiger partial charge is 0.315 e. The zero-order valence-electron chi connectivity index (χ0n) is 10.3. The van der Waals surface area contributed by atoms with Crippen LogP contribution in [0.5, 0.6) is 0 Å². The van der Waals surface area contributed by atoms with Gasteiger partial charge in [-0.3, -0.25) is 0 Å². The summed E-state index contributed by atoms with van der Waals surface area (Å²) in [5.74, 6) is 0.692. The zero-order valence-corrected chi connectivity index (χ0v) is 11.1. The molecule has 2 atom stereocenters. The maximum Gasteiger partial charge on any atom is 0.0937 e. The van der Waals surface area contributed by atoms with Crippen molar-refractivity contribution in [3.8, 4) is 0 Å². The first-order valence-electron chi connectivity index (χ1n) is 5.09. The van der Waals surface area contributed by atoms with Crippen molar-refractivity contribution >= 4 is 11.0 Å². The van der Waals surface area contributed by atoms with Crippen molar-refractivity contribution in [2.45, 2.75) is 33.7 Å². The lowest BCUT2D eigenvalue weighted by molar-refractivity contribution is 0.249. The summed E-state index contributed by atoms with van der Waals surface area (Å²) >= 11 is 0. The average Bonchev–Trinajstić information content (AvgIpc) is 2.10. The summed E-state index contributed by atoms with van der Waals surface area (Å²) in [5, 5.41) is 3.28. The molecule has 0 amide bonds. The Balaban J connectivity index is 4.26. The van der Waals surface area contributed by atoms with Gasteiger partial charge in [-0.1, -0.05) is 27.7 Å². The Hall–Kier alpha value is 0.0700. The van der Waals surface area contributed by atoms with Crippen LogP contribution < -0.4 is 5.32 Å². The van der Waals surface area contributed by atoms with Crippen LogP contribution in [0.25, 0.3) is 0 Å². The molecule has 0 radical (unpaired) electrons. The molecule has 0 aliphatic carbocycles. The van der Waals surface area contributed by atoms with E-state index in [1.54, 1.807) is 0 Å². The molecule has 0 aliphatic heterocycles. The van der Waals surface area contributed by atoms with E-state index >= 15 is 0 Å². The van der Waals surface area contributed by atoms with Crippen LogP contribution in [0.15, 0.2) is 0 Å². The fourth-order valence-electron chi connectivity index (χ4n) is 1.36. The highest BCUT2D eigenvalue weighted by atomic mass is 32.2. The SMILES string of the molecule is CCS(=O)N(C)CC(NC)C(C)(C)C. The number of hydrogen-bond donors (Lipinski definition) is 1. The Morgan fingerprint density at radius 2 is 1.93 bits per heavy atom. The summed E-state index contributed by atoms with van der Waals surface area (Å²) < 4.78 is 13.4. The van der Waals surface area contributed by atoms with E-state index in [9.17, 15) is 4.21 Å². The molecule has 86 valence electrons. The van der Waals surface area contributed by atoms with E-state index in [1.165, 1.54) is 0 Å². The third-order valence-electron chi connectivity index (χ3n) is 2.43. The normalized spacial score (nSPS) is 17.1. The summed E-state index contributed by atoms with van der Waals surface area (Å²) in [6, 6.07) is 0.364. The molecule has 0 bridgehead atoms. The minimum absolute atomic E-state index is 0.195. The van der Waals surface area contributed by atoms with Crippen molar-refractivity contribution in [1.29, 1.82) is 0 Å². The highest BCUT2D eigenvalue weighted by molar-refractivity contribution is 7.82. The average molecular weight is 220 g/mol. The van der Waals surface area contributed by atoms with Gasteiger partial charge in [0.05, 0.1) is 11.0 Å². The fourth-order valence-corrected chi connectivity index (χ4v) is 2.11. The van der Waals surface area contributed by atoms with E-state index in [1.807, 2.05) is 25.3 Å². The van der Waals surface area contributed by atoms with Crippen molar-refractivity contribution < 1.29 is 4.21 Å². The van der Waals surface area contributed by atoms with Gasteiger partial charge in [0, 0.05) is 18.3 Å². The first-order valence-corrected chi connectivity index (χ1v) is 6.37. The summed E-state index contributed by atoms with van der Waals surface area (Å²) in [4.78, 5) is 0. The van der Waals surface area contributed by atoms with Crippen LogP contribution >= 0.6 is 0 Å². The second-order valence-corrected chi connectivity index (χ2v) is 6.47. The molecule has 0 aliphatic rings. The Kier molecular flexibility index (Phi) is 5.86. The van der Waals surface area contributed by atoms with E-state index in [2.05, 4.69) is 26.1 Å². The molecule has 2 unspecified atom stereocenters. The van der Waals surface area contributed by atoms with Gasteiger partial charge in [0.1, 0.15) is 0 Å². The predicted molar refractivity (Wildman–Crippen MR) is 63.6 cm³/mol.